The van der Waals surface area contributed by atoms with Crippen LogP contribution in [0.25, 0.3) is 22.3 Å². The Morgan fingerprint density at radius 3 is 2.65 bits per heavy atom. The van der Waals surface area contributed by atoms with Gasteiger partial charge in [-0.15, -0.1) is 0 Å². The summed E-state index contributed by atoms with van der Waals surface area (Å²) in [6.07, 6.45) is -0.198. The number of alkyl halides is 4. The highest BCUT2D eigenvalue weighted by molar-refractivity contribution is 5.92. The summed E-state index contributed by atoms with van der Waals surface area (Å²) < 4.78 is 71.8. The number of hydrogen-bond acceptors (Lipinski definition) is 6. The Morgan fingerprint density at radius 2 is 1.95 bits per heavy atom. The van der Waals surface area contributed by atoms with Crippen molar-refractivity contribution < 1.29 is 22.0 Å². The van der Waals surface area contributed by atoms with Crippen molar-refractivity contribution in [3.8, 4) is 17.3 Å². The molecule has 0 aliphatic carbocycles. The lowest BCUT2D eigenvalue weighted by Gasteiger charge is -2.36. The third-order valence-electron chi connectivity index (χ3n) is 7.72. The number of H-pyrrole nitrogens is 1. The number of fused-ring (bicyclic) bond motifs is 1. The van der Waals surface area contributed by atoms with Gasteiger partial charge in [-0.25, -0.2) is 23.7 Å². The quantitative estimate of drug-likeness (QED) is 0.341. The van der Waals surface area contributed by atoms with E-state index in [1.807, 2.05) is 4.57 Å². The molecule has 2 atom stereocenters. The third kappa shape index (κ3) is 4.77. The summed E-state index contributed by atoms with van der Waals surface area (Å²) in [4.78, 5) is 20.1. The fourth-order valence-corrected chi connectivity index (χ4v) is 5.46. The van der Waals surface area contributed by atoms with E-state index in [0.29, 0.717) is 54.3 Å². The van der Waals surface area contributed by atoms with E-state index in [0.717, 1.165) is 31.6 Å². The lowest BCUT2D eigenvalue weighted by molar-refractivity contribution is -0.139. The van der Waals surface area contributed by atoms with Crippen LogP contribution in [-0.2, 0) is 12.7 Å². The number of imidazole rings is 1. The SMILES string of the molecule is N#Cc1c[nH]c2ncnc(N3CC[C@@H](c4nc(-c5ccc(F)c(C(F)(F)F)c5)cn4CCN4CCC4)[C@@H](F)C3)c12. The summed E-state index contributed by atoms with van der Waals surface area (Å²) in [5.74, 6) is -1.04. The molecule has 5 heterocycles. The summed E-state index contributed by atoms with van der Waals surface area (Å²) in [6.45, 7) is 3.56. The van der Waals surface area contributed by atoms with Gasteiger partial charge in [-0.2, -0.15) is 18.4 Å². The number of anilines is 1. The molecule has 4 aromatic rings. The second-order valence-corrected chi connectivity index (χ2v) is 10.2. The number of likely N-dealkylation sites (tertiary alicyclic amines) is 1. The Kier molecular flexibility index (Phi) is 6.66. The molecule has 0 saturated carbocycles. The van der Waals surface area contributed by atoms with Crippen LogP contribution in [0, 0.1) is 17.1 Å². The molecule has 3 aromatic heterocycles. The summed E-state index contributed by atoms with van der Waals surface area (Å²) in [7, 11) is 0. The molecule has 1 N–H and O–H groups in total. The van der Waals surface area contributed by atoms with Gasteiger partial charge in [-0.3, -0.25) is 0 Å². The van der Waals surface area contributed by atoms with Gasteiger partial charge in [0.2, 0.25) is 0 Å². The van der Waals surface area contributed by atoms with E-state index in [4.69, 9.17) is 0 Å². The van der Waals surface area contributed by atoms with E-state index in [2.05, 4.69) is 30.9 Å². The molecule has 0 unspecified atom stereocenters. The van der Waals surface area contributed by atoms with E-state index in [1.54, 1.807) is 17.3 Å². The van der Waals surface area contributed by atoms with E-state index in [1.165, 1.54) is 12.4 Å². The topological polar surface area (TPSA) is 89.7 Å². The van der Waals surface area contributed by atoms with Crippen molar-refractivity contribution in [3.63, 3.8) is 0 Å². The zero-order valence-corrected chi connectivity index (χ0v) is 21.3. The minimum Gasteiger partial charge on any atom is -0.353 e. The van der Waals surface area contributed by atoms with Crippen LogP contribution in [0.15, 0.2) is 36.9 Å². The number of benzene rings is 1. The lowest BCUT2D eigenvalue weighted by Crippen LogP contribution is -2.42. The number of nitrogens with one attached hydrogen (secondary N) is 1. The van der Waals surface area contributed by atoms with Gasteiger partial charge in [0.05, 0.1) is 34.7 Å². The van der Waals surface area contributed by atoms with Gasteiger partial charge in [0.15, 0.2) is 0 Å². The number of rotatable bonds is 6. The van der Waals surface area contributed by atoms with E-state index >= 15 is 4.39 Å². The fraction of sp³-hybridized carbons (Fsp3) is 0.407. The lowest BCUT2D eigenvalue weighted by atomic mass is 9.93. The van der Waals surface area contributed by atoms with Gasteiger partial charge in [0.25, 0.3) is 0 Å². The summed E-state index contributed by atoms with van der Waals surface area (Å²) in [6, 6.07) is 4.90. The highest BCUT2D eigenvalue weighted by Gasteiger charge is 2.37. The number of aromatic nitrogens is 5. The molecule has 0 spiro atoms. The molecule has 2 saturated heterocycles. The molecule has 0 amide bonds. The zero-order valence-electron chi connectivity index (χ0n) is 21.3. The van der Waals surface area contributed by atoms with Crippen LogP contribution < -0.4 is 4.90 Å². The Balaban J connectivity index is 1.31. The summed E-state index contributed by atoms with van der Waals surface area (Å²) in [5.41, 5.74) is -0.154. The predicted molar refractivity (Wildman–Crippen MR) is 137 cm³/mol. The highest BCUT2D eigenvalue weighted by atomic mass is 19.4. The maximum absolute atomic E-state index is 15.9. The van der Waals surface area contributed by atoms with Crippen LogP contribution in [0.3, 0.4) is 0 Å². The minimum atomic E-state index is -4.85. The summed E-state index contributed by atoms with van der Waals surface area (Å²) >= 11 is 0. The molecule has 2 fully saturated rings. The Bertz CT molecular complexity index is 1580. The zero-order chi connectivity index (χ0) is 28.0. The van der Waals surface area contributed by atoms with Crippen LogP contribution in [0.5, 0.6) is 0 Å². The van der Waals surface area contributed by atoms with E-state index in [-0.39, 0.29) is 17.8 Å². The molecular weight excluding hydrogens is 531 g/mol. The first-order chi connectivity index (χ1) is 19.2. The number of piperidine rings is 1. The van der Waals surface area contributed by atoms with Gasteiger partial charge < -0.3 is 19.4 Å². The smallest absolute Gasteiger partial charge is 0.353 e. The van der Waals surface area contributed by atoms with E-state index in [9.17, 15) is 22.8 Å². The van der Waals surface area contributed by atoms with Crippen molar-refractivity contribution in [3.05, 3.63) is 59.7 Å². The fourth-order valence-electron chi connectivity index (χ4n) is 5.46. The van der Waals surface area contributed by atoms with Crippen LogP contribution in [-0.4, -0.2) is 68.3 Å². The predicted octanol–water partition coefficient (Wildman–Crippen LogP) is 4.89. The molecule has 2 aliphatic heterocycles. The maximum atomic E-state index is 15.9. The average molecular weight is 557 g/mol. The molecule has 1 aromatic carbocycles. The number of hydrogen-bond donors (Lipinski definition) is 1. The van der Waals surface area contributed by atoms with Crippen molar-refractivity contribution in [2.24, 2.45) is 0 Å². The Hall–Kier alpha value is -4.05. The third-order valence-corrected chi connectivity index (χ3v) is 7.72. The van der Waals surface area contributed by atoms with Gasteiger partial charge >= 0.3 is 6.18 Å². The summed E-state index contributed by atoms with van der Waals surface area (Å²) in [5, 5.41) is 10.0. The van der Waals surface area contributed by atoms with Crippen molar-refractivity contribution in [1.29, 1.82) is 5.26 Å². The Labute approximate surface area is 226 Å². The molecular formula is C27H25F5N8. The van der Waals surface area contributed by atoms with Gasteiger partial charge in [-0.1, -0.05) is 0 Å². The molecule has 13 heteroatoms. The highest BCUT2D eigenvalue weighted by Crippen LogP contribution is 2.37. The number of nitrogens with zero attached hydrogens (tertiary/aromatic N) is 7. The van der Waals surface area contributed by atoms with Gasteiger partial charge in [-0.05, 0) is 44.1 Å². The Morgan fingerprint density at radius 1 is 1.12 bits per heavy atom. The monoisotopic (exact) mass is 556 g/mol. The number of aromatic amines is 1. The number of nitriles is 1. The van der Waals surface area contributed by atoms with Crippen molar-refractivity contribution in [1.82, 2.24) is 29.4 Å². The van der Waals surface area contributed by atoms with Gasteiger partial charge in [0.1, 0.15) is 41.7 Å². The molecule has 208 valence electrons. The molecule has 0 radical (unpaired) electrons. The van der Waals surface area contributed by atoms with Gasteiger partial charge in [0, 0.05) is 37.6 Å². The minimum absolute atomic E-state index is 0.00405. The molecule has 2 aliphatic rings. The molecule has 40 heavy (non-hydrogen) atoms. The van der Waals surface area contributed by atoms with E-state index < -0.39 is 29.6 Å². The normalized spacial score (nSPS) is 20.1. The van der Waals surface area contributed by atoms with Crippen LogP contribution in [0.1, 0.15) is 35.7 Å². The molecule has 0 bridgehead atoms. The van der Waals surface area contributed by atoms with Crippen molar-refractivity contribution in [2.45, 2.75) is 37.7 Å². The second kappa shape index (κ2) is 10.2. The van der Waals surface area contributed by atoms with Crippen molar-refractivity contribution >= 4 is 16.9 Å². The van der Waals surface area contributed by atoms with Crippen LogP contribution in [0.2, 0.25) is 0 Å². The standard InChI is InChI=1S/C27H25F5N8/c28-20-3-2-16(10-19(20)27(30,31)32)22-14-40(9-8-38-5-1-6-38)25(37-22)18-4-7-39(13-21(18)29)26-23-17(11-33)12-34-24(23)35-15-36-26/h2-3,10,12,14-15,18,21H,1,4-9,13H2,(H,34,35,36)/t18-,21+/m1/s1. The first-order valence-electron chi connectivity index (χ1n) is 13.0. The first kappa shape index (κ1) is 26.2. The average Bonchev–Trinajstić information content (AvgIpc) is 3.51. The van der Waals surface area contributed by atoms with Crippen molar-refractivity contribution in [2.75, 3.05) is 37.6 Å². The second-order valence-electron chi connectivity index (χ2n) is 10.2. The van der Waals surface area contributed by atoms with Crippen LogP contribution >= 0.6 is 0 Å². The maximum Gasteiger partial charge on any atom is 0.419 e. The molecule has 8 nitrogen and oxygen atoms in total. The largest absolute Gasteiger partial charge is 0.419 e. The molecule has 6 rings (SSSR count). The first-order valence-corrected chi connectivity index (χ1v) is 13.0. The van der Waals surface area contributed by atoms with Crippen LogP contribution in [0.4, 0.5) is 27.8 Å². The number of halogens is 5.